The number of fused-ring (bicyclic) bond motifs is 1. The maximum absolute atomic E-state index is 12.1. The predicted molar refractivity (Wildman–Crippen MR) is 67.7 cm³/mol. The highest BCUT2D eigenvalue weighted by molar-refractivity contribution is 6.05. The SMILES string of the molecule is CCC1(CC)CC(=O)c2cc(C=O)ccc2N1. The monoisotopic (exact) mass is 231 g/mol. The number of carbonyl (C=O) groups is 2. The molecule has 3 heteroatoms. The Labute approximate surface area is 101 Å². The molecule has 1 N–H and O–H groups in total. The van der Waals surface area contributed by atoms with E-state index in [4.69, 9.17) is 0 Å². The molecule has 1 heterocycles. The van der Waals surface area contributed by atoms with Crippen LogP contribution in [0.4, 0.5) is 5.69 Å². The number of nitrogens with one attached hydrogen (secondary N) is 1. The molecule has 0 aromatic heterocycles. The Kier molecular flexibility index (Phi) is 3.01. The van der Waals surface area contributed by atoms with Gasteiger partial charge in [-0.15, -0.1) is 0 Å². The molecule has 2 rings (SSSR count). The van der Waals surface area contributed by atoms with E-state index in [0.717, 1.165) is 24.8 Å². The first-order chi connectivity index (χ1) is 8.14. The topological polar surface area (TPSA) is 46.2 Å². The van der Waals surface area contributed by atoms with Crippen LogP contribution in [-0.2, 0) is 0 Å². The lowest BCUT2D eigenvalue weighted by Gasteiger charge is -2.38. The van der Waals surface area contributed by atoms with E-state index in [1.54, 1.807) is 12.1 Å². The van der Waals surface area contributed by atoms with Crippen molar-refractivity contribution >= 4 is 17.8 Å². The zero-order valence-electron chi connectivity index (χ0n) is 10.2. The number of hydrogen-bond acceptors (Lipinski definition) is 3. The van der Waals surface area contributed by atoms with Crippen LogP contribution < -0.4 is 5.32 Å². The van der Waals surface area contributed by atoms with Crippen LogP contribution in [0.25, 0.3) is 0 Å². The number of anilines is 1. The predicted octanol–water partition coefficient (Wildman–Crippen LogP) is 3.06. The number of Topliss-reactive ketones (excluding diaryl/α,β-unsaturated/α-hetero) is 1. The van der Waals surface area contributed by atoms with Crippen LogP contribution >= 0.6 is 0 Å². The number of hydrogen-bond donors (Lipinski definition) is 1. The van der Waals surface area contributed by atoms with Crippen molar-refractivity contribution in [2.24, 2.45) is 0 Å². The zero-order valence-corrected chi connectivity index (χ0v) is 10.2. The number of ketones is 1. The Balaban J connectivity index is 2.44. The molecule has 0 amide bonds. The molecule has 0 saturated heterocycles. The fourth-order valence-electron chi connectivity index (χ4n) is 2.38. The van der Waals surface area contributed by atoms with Crippen molar-refractivity contribution in [3.63, 3.8) is 0 Å². The molecule has 0 radical (unpaired) electrons. The molecule has 0 fully saturated rings. The maximum atomic E-state index is 12.1. The zero-order chi connectivity index (χ0) is 12.5. The van der Waals surface area contributed by atoms with Crippen molar-refractivity contribution < 1.29 is 9.59 Å². The van der Waals surface area contributed by atoms with Crippen LogP contribution in [0, 0.1) is 0 Å². The first kappa shape index (κ1) is 11.8. The molecule has 0 saturated carbocycles. The minimum atomic E-state index is -0.118. The van der Waals surface area contributed by atoms with E-state index < -0.39 is 0 Å². The van der Waals surface area contributed by atoms with Crippen molar-refractivity contribution in [3.05, 3.63) is 29.3 Å². The molecule has 0 unspecified atom stereocenters. The lowest BCUT2D eigenvalue weighted by Crippen LogP contribution is -2.43. The van der Waals surface area contributed by atoms with Gasteiger partial charge in [0.15, 0.2) is 5.78 Å². The fourth-order valence-corrected chi connectivity index (χ4v) is 2.38. The summed E-state index contributed by atoms with van der Waals surface area (Å²) in [6, 6.07) is 5.25. The molecule has 0 aliphatic carbocycles. The molecule has 1 aliphatic heterocycles. The highest BCUT2D eigenvalue weighted by atomic mass is 16.1. The van der Waals surface area contributed by atoms with E-state index in [-0.39, 0.29) is 11.3 Å². The number of aldehydes is 1. The second-order valence-corrected chi connectivity index (χ2v) is 4.64. The molecule has 90 valence electrons. The second-order valence-electron chi connectivity index (χ2n) is 4.64. The summed E-state index contributed by atoms with van der Waals surface area (Å²) in [7, 11) is 0. The lowest BCUT2D eigenvalue weighted by atomic mass is 9.81. The van der Waals surface area contributed by atoms with Gasteiger partial charge in [0.05, 0.1) is 0 Å². The molecule has 1 aromatic carbocycles. The van der Waals surface area contributed by atoms with Crippen molar-refractivity contribution in [1.29, 1.82) is 0 Å². The van der Waals surface area contributed by atoms with Crippen LogP contribution in [0.1, 0.15) is 53.8 Å². The van der Waals surface area contributed by atoms with E-state index in [2.05, 4.69) is 19.2 Å². The van der Waals surface area contributed by atoms with Crippen molar-refractivity contribution in [3.8, 4) is 0 Å². The van der Waals surface area contributed by atoms with Gasteiger partial charge in [0.2, 0.25) is 0 Å². The van der Waals surface area contributed by atoms with Crippen LogP contribution in [0.3, 0.4) is 0 Å². The van der Waals surface area contributed by atoms with Gasteiger partial charge in [0, 0.05) is 28.8 Å². The Morgan fingerprint density at radius 1 is 1.35 bits per heavy atom. The molecule has 3 nitrogen and oxygen atoms in total. The minimum absolute atomic E-state index is 0.118. The van der Waals surface area contributed by atoms with E-state index in [1.807, 2.05) is 6.07 Å². The third kappa shape index (κ3) is 1.97. The molecular formula is C14H17NO2. The Hall–Kier alpha value is -1.64. The van der Waals surface area contributed by atoms with Crippen LogP contribution in [0.5, 0.6) is 0 Å². The van der Waals surface area contributed by atoms with Gasteiger partial charge in [-0.3, -0.25) is 9.59 Å². The Bertz CT molecular complexity index is 461. The summed E-state index contributed by atoms with van der Waals surface area (Å²) in [5.41, 5.74) is 1.94. The first-order valence-corrected chi connectivity index (χ1v) is 6.04. The summed E-state index contributed by atoms with van der Waals surface area (Å²) in [6.07, 6.45) is 3.12. The molecule has 1 aromatic rings. The summed E-state index contributed by atoms with van der Waals surface area (Å²) < 4.78 is 0. The van der Waals surface area contributed by atoms with Crippen molar-refractivity contribution in [2.45, 2.75) is 38.6 Å². The van der Waals surface area contributed by atoms with E-state index in [9.17, 15) is 9.59 Å². The summed E-state index contributed by atoms with van der Waals surface area (Å²) in [4.78, 5) is 22.8. The number of carbonyl (C=O) groups excluding carboxylic acids is 2. The van der Waals surface area contributed by atoms with Gasteiger partial charge in [-0.25, -0.2) is 0 Å². The number of rotatable bonds is 3. The molecule has 0 spiro atoms. The van der Waals surface area contributed by atoms with Gasteiger partial charge in [0.1, 0.15) is 6.29 Å². The van der Waals surface area contributed by atoms with E-state index in [0.29, 0.717) is 17.5 Å². The summed E-state index contributed by atoms with van der Waals surface area (Å²) in [6.45, 7) is 4.18. The lowest BCUT2D eigenvalue weighted by molar-refractivity contribution is 0.0946. The van der Waals surface area contributed by atoms with Gasteiger partial charge < -0.3 is 5.32 Å². The van der Waals surface area contributed by atoms with E-state index in [1.165, 1.54) is 0 Å². The average Bonchev–Trinajstić information content (AvgIpc) is 2.38. The third-order valence-corrected chi connectivity index (χ3v) is 3.73. The summed E-state index contributed by atoms with van der Waals surface area (Å²) >= 11 is 0. The van der Waals surface area contributed by atoms with Crippen LogP contribution in [0.2, 0.25) is 0 Å². The normalized spacial score (nSPS) is 17.2. The smallest absolute Gasteiger partial charge is 0.167 e. The van der Waals surface area contributed by atoms with Gasteiger partial charge in [-0.2, -0.15) is 0 Å². The highest BCUT2D eigenvalue weighted by Crippen LogP contribution is 2.35. The van der Waals surface area contributed by atoms with Gasteiger partial charge in [-0.05, 0) is 31.0 Å². The third-order valence-electron chi connectivity index (χ3n) is 3.73. The molecular weight excluding hydrogens is 214 g/mol. The van der Waals surface area contributed by atoms with Crippen molar-refractivity contribution in [2.75, 3.05) is 5.32 Å². The Morgan fingerprint density at radius 2 is 2.06 bits per heavy atom. The standard InChI is InChI=1S/C14H17NO2/c1-3-14(4-2)8-13(17)11-7-10(9-16)5-6-12(11)15-14/h5-7,9,15H,3-4,8H2,1-2H3. The molecule has 17 heavy (non-hydrogen) atoms. The van der Waals surface area contributed by atoms with Gasteiger partial charge >= 0.3 is 0 Å². The van der Waals surface area contributed by atoms with Gasteiger partial charge in [0.25, 0.3) is 0 Å². The maximum Gasteiger partial charge on any atom is 0.167 e. The largest absolute Gasteiger partial charge is 0.379 e. The fraction of sp³-hybridized carbons (Fsp3) is 0.429. The van der Waals surface area contributed by atoms with Gasteiger partial charge in [-0.1, -0.05) is 13.8 Å². The number of benzene rings is 1. The van der Waals surface area contributed by atoms with Crippen LogP contribution in [-0.4, -0.2) is 17.6 Å². The van der Waals surface area contributed by atoms with Crippen molar-refractivity contribution in [1.82, 2.24) is 0 Å². The minimum Gasteiger partial charge on any atom is -0.379 e. The highest BCUT2D eigenvalue weighted by Gasteiger charge is 2.35. The van der Waals surface area contributed by atoms with Crippen LogP contribution in [0.15, 0.2) is 18.2 Å². The summed E-state index contributed by atoms with van der Waals surface area (Å²) in [5, 5.41) is 3.45. The quantitative estimate of drug-likeness (QED) is 0.813. The van der Waals surface area contributed by atoms with E-state index >= 15 is 0 Å². The second kappa shape index (κ2) is 4.32. The Morgan fingerprint density at radius 3 is 2.65 bits per heavy atom. The average molecular weight is 231 g/mol. The molecule has 0 atom stereocenters. The first-order valence-electron chi connectivity index (χ1n) is 6.04. The summed E-state index contributed by atoms with van der Waals surface area (Å²) in [5.74, 6) is 0.131. The molecule has 0 bridgehead atoms. The molecule has 1 aliphatic rings.